The number of hydrogen-bond donors (Lipinski definition) is 1. The number of aryl methyl sites for hydroxylation is 1. The largest absolute Gasteiger partial charge is 0.342 e. The van der Waals surface area contributed by atoms with E-state index in [1.165, 1.54) is 12.8 Å². The van der Waals surface area contributed by atoms with Crippen LogP contribution >= 0.6 is 0 Å². The van der Waals surface area contributed by atoms with Crippen LogP contribution in [-0.2, 0) is 11.3 Å². The summed E-state index contributed by atoms with van der Waals surface area (Å²) in [6.07, 6.45) is 6.69. The predicted molar refractivity (Wildman–Crippen MR) is 121 cm³/mol. The van der Waals surface area contributed by atoms with Gasteiger partial charge in [-0.1, -0.05) is 48.4 Å². The van der Waals surface area contributed by atoms with Crippen molar-refractivity contribution in [3.05, 3.63) is 52.1 Å². The molecule has 2 aromatic heterocycles. The van der Waals surface area contributed by atoms with E-state index >= 15 is 0 Å². The summed E-state index contributed by atoms with van der Waals surface area (Å²) in [6, 6.07) is 10.3. The summed E-state index contributed by atoms with van der Waals surface area (Å²) < 4.78 is 1.72. The van der Waals surface area contributed by atoms with Crippen LogP contribution in [-0.4, -0.2) is 48.9 Å². The molecule has 1 aromatic carbocycles. The summed E-state index contributed by atoms with van der Waals surface area (Å²) in [5.74, 6) is 1.46. The SMILES string of the molecule is Cc1nc2c(nnn2C[C@H]2CCCN(C(=O)[C@@H](c3ccccc3)C3CCCC3)C2)c(=O)[nH]1. The fourth-order valence-corrected chi connectivity index (χ4v) is 5.52. The lowest BCUT2D eigenvalue weighted by Gasteiger charge is -2.36. The molecule has 32 heavy (non-hydrogen) atoms. The van der Waals surface area contributed by atoms with Crippen molar-refractivity contribution in [1.82, 2.24) is 29.9 Å². The maximum Gasteiger partial charge on any atom is 0.281 e. The summed E-state index contributed by atoms with van der Waals surface area (Å²) in [6.45, 7) is 3.88. The number of H-pyrrole nitrogens is 1. The van der Waals surface area contributed by atoms with Crippen LogP contribution in [0.1, 0.15) is 55.8 Å². The van der Waals surface area contributed by atoms with E-state index in [9.17, 15) is 9.59 Å². The van der Waals surface area contributed by atoms with Crippen LogP contribution in [0.15, 0.2) is 35.1 Å². The number of carbonyl (C=O) groups excluding carboxylic acids is 1. The van der Waals surface area contributed by atoms with E-state index in [1.807, 2.05) is 18.2 Å². The molecule has 8 heteroatoms. The molecule has 0 radical (unpaired) electrons. The zero-order valence-corrected chi connectivity index (χ0v) is 18.5. The minimum atomic E-state index is -0.263. The van der Waals surface area contributed by atoms with E-state index in [-0.39, 0.29) is 28.8 Å². The van der Waals surface area contributed by atoms with Gasteiger partial charge < -0.3 is 9.88 Å². The lowest BCUT2D eigenvalue weighted by atomic mass is 9.83. The zero-order valence-electron chi connectivity index (χ0n) is 18.5. The number of aromatic amines is 1. The number of amides is 1. The van der Waals surface area contributed by atoms with Crippen LogP contribution in [0.25, 0.3) is 11.2 Å². The molecule has 1 N–H and O–H groups in total. The summed E-state index contributed by atoms with van der Waals surface area (Å²) in [5.41, 5.74) is 1.67. The third kappa shape index (κ3) is 4.06. The third-order valence-electron chi connectivity index (χ3n) is 7.05. The predicted octanol–water partition coefficient (Wildman–Crippen LogP) is 3.04. The minimum absolute atomic E-state index is 0.0486. The minimum Gasteiger partial charge on any atom is -0.342 e. The van der Waals surface area contributed by atoms with Gasteiger partial charge in [-0.25, -0.2) is 9.67 Å². The first-order valence-corrected chi connectivity index (χ1v) is 11.7. The van der Waals surface area contributed by atoms with Crippen LogP contribution in [0.2, 0.25) is 0 Å². The lowest BCUT2D eigenvalue weighted by Crippen LogP contribution is -2.44. The molecule has 2 atom stereocenters. The second kappa shape index (κ2) is 8.84. The maximum atomic E-state index is 13.8. The number of piperidine rings is 1. The van der Waals surface area contributed by atoms with Gasteiger partial charge in [0.05, 0.1) is 5.92 Å². The number of benzene rings is 1. The summed E-state index contributed by atoms with van der Waals surface area (Å²) in [4.78, 5) is 35.1. The van der Waals surface area contributed by atoms with Gasteiger partial charge in [0.2, 0.25) is 5.91 Å². The summed E-state index contributed by atoms with van der Waals surface area (Å²) in [7, 11) is 0. The van der Waals surface area contributed by atoms with E-state index in [0.717, 1.165) is 37.8 Å². The van der Waals surface area contributed by atoms with Crippen molar-refractivity contribution >= 4 is 17.1 Å². The Balaban J connectivity index is 1.35. The molecule has 168 valence electrons. The molecule has 1 amide bonds. The normalized spacial score (nSPS) is 20.7. The summed E-state index contributed by atoms with van der Waals surface area (Å²) in [5, 5.41) is 8.21. The molecule has 1 aliphatic heterocycles. The average Bonchev–Trinajstić information content (AvgIpc) is 3.46. The van der Waals surface area contributed by atoms with Gasteiger partial charge in [-0.2, -0.15) is 0 Å². The van der Waals surface area contributed by atoms with Gasteiger partial charge in [-0.15, -0.1) is 5.10 Å². The van der Waals surface area contributed by atoms with Crippen LogP contribution in [0.3, 0.4) is 0 Å². The molecule has 1 saturated carbocycles. The van der Waals surface area contributed by atoms with Gasteiger partial charge >= 0.3 is 0 Å². The Kier molecular flexibility index (Phi) is 5.76. The quantitative estimate of drug-likeness (QED) is 0.666. The molecule has 3 heterocycles. The van der Waals surface area contributed by atoms with E-state index in [2.05, 4.69) is 37.3 Å². The molecule has 0 unspecified atom stereocenters. The first-order chi connectivity index (χ1) is 15.6. The van der Waals surface area contributed by atoms with Crippen molar-refractivity contribution in [1.29, 1.82) is 0 Å². The molecule has 2 fully saturated rings. The molecule has 0 bridgehead atoms. The van der Waals surface area contributed by atoms with Gasteiger partial charge in [0.15, 0.2) is 11.2 Å². The Morgan fingerprint density at radius 3 is 2.72 bits per heavy atom. The van der Waals surface area contributed by atoms with E-state index in [4.69, 9.17) is 0 Å². The zero-order chi connectivity index (χ0) is 22.1. The smallest absolute Gasteiger partial charge is 0.281 e. The number of likely N-dealkylation sites (tertiary alicyclic amines) is 1. The molecular formula is C24H30N6O2. The van der Waals surface area contributed by atoms with Crippen LogP contribution in [0, 0.1) is 18.8 Å². The van der Waals surface area contributed by atoms with Crippen LogP contribution in [0.4, 0.5) is 0 Å². The first-order valence-electron chi connectivity index (χ1n) is 11.7. The van der Waals surface area contributed by atoms with Gasteiger partial charge in [-0.3, -0.25) is 9.59 Å². The molecule has 5 rings (SSSR count). The lowest BCUT2D eigenvalue weighted by molar-refractivity contribution is -0.136. The molecule has 8 nitrogen and oxygen atoms in total. The topological polar surface area (TPSA) is 96.8 Å². The van der Waals surface area contributed by atoms with Crippen molar-refractivity contribution in [3.63, 3.8) is 0 Å². The van der Waals surface area contributed by atoms with E-state index in [1.54, 1.807) is 11.6 Å². The fourth-order valence-electron chi connectivity index (χ4n) is 5.52. The monoisotopic (exact) mass is 434 g/mol. The van der Waals surface area contributed by atoms with Crippen molar-refractivity contribution in [2.24, 2.45) is 11.8 Å². The van der Waals surface area contributed by atoms with Crippen molar-refractivity contribution < 1.29 is 4.79 Å². The Hall–Kier alpha value is -3.03. The van der Waals surface area contributed by atoms with Gasteiger partial charge in [0.25, 0.3) is 5.56 Å². The Labute approximate surface area is 187 Å². The Bertz CT molecular complexity index is 1150. The van der Waals surface area contributed by atoms with Crippen molar-refractivity contribution in [2.45, 2.75) is 57.9 Å². The molecule has 1 aliphatic carbocycles. The number of aromatic nitrogens is 5. The Morgan fingerprint density at radius 2 is 1.94 bits per heavy atom. The standard InChI is InChI=1S/C24H30N6O2/c1-16-25-22-21(23(31)26-16)27-28-30(22)15-17-8-7-13-29(14-17)24(32)20(19-11-5-6-12-19)18-9-3-2-4-10-18/h2-4,9-10,17,19-20H,5-8,11-15H2,1H3,(H,25,26,31)/t17-,20-/m0/s1. The number of fused-ring (bicyclic) bond motifs is 1. The number of rotatable bonds is 5. The second-order valence-electron chi connectivity index (χ2n) is 9.32. The number of hydrogen-bond acceptors (Lipinski definition) is 5. The second-order valence-corrected chi connectivity index (χ2v) is 9.32. The highest BCUT2D eigenvalue weighted by Gasteiger charge is 2.36. The van der Waals surface area contributed by atoms with Gasteiger partial charge in [0.1, 0.15) is 5.82 Å². The third-order valence-corrected chi connectivity index (χ3v) is 7.05. The highest BCUT2D eigenvalue weighted by Crippen LogP contribution is 2.39. The van der Waals surface area contributed by atoms with Gasteiger partial charge in [-0.05, 0) is 50.0 Å². The van der Waals surface area contributed by atoms with Gasteiger partial charge in [0, 0.05) is 19.6 Å². The maximum absolute atomic E-state index is 13.8. The molecule has 0 spiro atoms. The molecule has 2 aliphatic rings. The van der Waals surface area contributed by atoms with Crippen molar-refractivity contribution in [2.75, 3.05) is 13.1 Å². The molecular weight excluding hydrogens is 404 g/mol. The van der Waals surface area contributed by atoms with Crippen LogP contribution in [0.5, 0.6) is 0 Å². The molecule has 1 saturated heterocycles. The average molecular weight is 435 g/mol. The number of nitrogens with zero attached hydrogens (tertiary/aromatic N) is 5. The highest BCUT2D eigenvalue weighted by molar-refractivity contribution is 5.84. The highest BCUT2D eigenvalue weighted by atomic mass is 16.2. The number of carbonyl (C=O) groups is 1. The summed E-state index contributed by atoms with van der Waals surface area (Å²) >= 11 is 0. The number of nitrogens with one attached hydrogen (secondary N) is 1. The van der Waals surface area contributed by atoms with Crippen molar-refractivity contribution in [3.8, 4) is 0 Å². The fraction of sp³-hybridized carbons (Fsp3) is 0.542. The first kappa shape index (κ1) is 20.8. The van der Waals surface area contributed by atoms with E-state index < -0.39 is 0 Å². The van der Waals surface area contributed by atoms with Crippen LogP contribution < -0.4 is 5.56 Å². The van der Waals surface area contributed by atoms with E-state index in [0.29, 0.717) is 30.5 Å². The molecule has 3 aromatic rings. The Morgan fingerprint density at radius 1 is 1.16 bits per heavy atom.